The fourth-order valence-corrected chi connectivity index (χ4v) is 4.14. The van der Waals surface area contributed by atoms with E-state index in [9.17, 15) is 20.5 Å². The summed E-state index contributed by atoms with van der Waals surface area (Å²) in [5.74, 6) is 0.271. The number of hydrogen-bond acceptors (Lipinski definition) is 8. The molecule has 3 aromatic rings. The molecule has 1 aromatic carbocycles. The first-order valence-electron chi connectivity index (χ1n) is 9.91. The van der Waals surface area contributed by atoms with Gasteiger partial charge in [-0.25, -0.2) is 9.71 Å². The van der Waals surface area contributed by atoms with Crippen LogP contribution in [0.1, 0.15) is 24.6 Å². The first-order valence-corrected chi connectivity index (χ1v) is 9.91. The van der Waals surface area contributed by atoms with E-state index in [0.717, 1.165) is 19.2 Å². The van der Waals surface area contributed by atoms with Gasteiger partial charge in [-0.05, 0) is 18.4 Å². The van der Waals surface area contributed by atoms with Crippen molar-refractivity contribution >= 4 is 17.0 Å². The summed E-state index contributed by atoms with van der Waals surface area (Å²) < 4.78 is 7.67. The van der Waals surface area contributed by atoms with Gasteiger partial charge in [0.2, 0.25) is 12.0 Å². The number of aromatic nitrogens is 4. The number of nitrogens with one attached hydrogen (secondary N) is 1. The maximum absolute atomic E-state index is 12.4. The van der Waals surface area contributed by atoms with Crippen LogP contribution in [0.2, 0.25) is 0 Å². The van der Waals surface area contributed by atoms with Crippen molar-refractivity contribution in [2.75, 3.05) is 18.5 Å². The normalized spacial score (nSPS) is 27.4. The molecule has 1 aliphatic carbocycles. The minimum Gasteiger partial charge on any atom is -0.740 e. The molecule has 2 aromatic heterocycles. The van der Waals surface area contributed by atoms with Gasteiger partial charge in [-0.1, -0.05) is 35.3 Å². The second kappa shape index (κ2) is 7.17. The minimum absolute atomic E-state index is 0.00433. The van der Waals surface area contributed by atoms with Crippen LogP contribution < -0.4 is 10.0 Å². The Morgan fingerprint density at radius 1 is 1.20 bits per heavy atom. The average Bonchev–Trinajstić information content (AvgIpc) is 3.36. The predicted octanol–water partition coefficient (Wildman–Crippen LogP) is -0.180. The van der Waals surface area contributed by atoms with Crippen molar-refractivity contribution < 1.29 is 24.8 Å². The van der Waals surface area contributed by atoms with Crippen molar-refractivity contribution in [3.05, 3.63) is 53.8 Å². The van der Waals surface area contributed by atoms with Crippen LogP contribution in [-0.2, 0) is 10.2 Å². The molecule has 0 radical (unpaired) electrons. The second-order valence-corrected chi connectivity index (χ2v) is 7.97. The van der Waals surface area contributed by atoms with E-state index in [1.807, 2.05) is 18.2 Å². The van der Waals surface area contributed by atoms with Crippen molar-refractivity contribution in [3.8, 4) is 0 Å². The molecule has 158 valence electrons. The van der Waals surface area contributed by atoms with E-state index in [1.165, 1.54) is 16.5 Å². The van der Waals surface area contributed by atoms with Gasteiger partial charge >= 0.3 is 0 Å². The molecule has 0 spiro atoms. The van der Waals surface area contributed by atoms with Crippen LogP contribution in [-0.4, -0.2) is 61.3 Å². The maximum Gasteiger partial charge on any atom is 0.253 e. The van der Waals surface area contributed by atoms with Gasteiger partial charge in [-0.2, -0.15) is 0 Å². The molecule has 0 amide bonds. The third kappa shape index (κ3) is 3.00. The summed E-state index contributed by atoms with van der Waals surface area (Å²) in [7, 11) is 0. The fourth-order valence-electron chi connectivity index (χ4n) is 4.14. The lowest BCUT2D eigenvalue weighted by Crippen LogP contribution is -2.34. The Morgan fingerprint density at radius 2 is 1.97 bits per heavy atom. The standard InChI is InChI=1S/C20H23N5O5/c26-8-13-15(27)16(28)19(30-13)24-10-22-14-17(24)23-11-25(29)18(14)21-9-20(6-7-20)12-4-2-1-3-5-12/h1-5,10-11,13,15-16,19,21,26-28H,6-9H2/t13-,15-,16-,19-/m1/s1. The Morgan fingerprint density at radius 3 is 2.63 bits per heavy atom. The number of fused-ring (bicyclic) bond motifs is 1. The number of aliphatic hydroxyl groups is 3. The second-order valence-electron chi connectivity index (χ2n) is 7.97. The summed E-state index contributed by atoms with van der Waals surface area (Å²) in [6.45, 7) is 0.156. The molecular weight excluding hydrogens is 390 g/mol. The van der Waals surface area contributed by atoms with E-state index >= 15 is 0 Å². The number of nitrogens with zero attached hydrogens (tertiary/aromatic N) is 4. The molecule has 2 aliphatic rings. The quantitative estimate of drug-likeness (QED) is 0.322. The minimum atomic E-state index is -1.26. The number of anilines is 1. The molecule has 1 aliphatic heterocycles. The van der Waals surface area contributed by atoms with Crippen molar-refractivity contribution in [1.29, 1.82) is 0 Å². The number of imidazole rings is 1. The van der Waals surface area contributed by atoms with E-state index in [0.29, 0.717) is 22.4 Å². The Bertz CT molecular complexity index is 1050. The molecule has 0 bridgehead atoms. The van der Waals surface area contributed by atoms with Gasteiger partial charge in [0.15, 0.2) is 11.7 Å². The summed E-state index contributed by atoms with van der Waals surface area (Å²) in [4.78, 5) is 8.46. The molecule has 4 N–H and O–H groups in total. The summed E-state index contributed by atoms with van der Waals surface area (Å²) in [5.41, 5.74) is 1.91. The lowest BCUT2D eigenvalue weighted by atomic mass is 9.96. The van der Waals surface area contributed by atoms with Gasteiger partial charge in [0.1, 0.15) is 24.6 Å². The monoisotopic (exact) mass is 413 g/mol. The highest BCUT2D eigenvalue weighted by Crippen LogP contribution is 2.48. The van der Waals surface area contributed by atoms with E-state index in [1.54, 1.807) is 0 Å². The van der Waals surface area contributed by atoms with Gasteiger partial charge in [0.05, 0.1) is 13.2 Å². The molecular formula is C20H23N5O5. The first-order chi connectivity index (χ1) is 14.5. The Kier molecular flexibility index (Phi) is 4.58. The summed E-state index contributed by atoms with van der Waals surface area (Å²) in [6.07, 6.45) is 0.244. The molecule has 3 heterocycles. The van der Waals surface area contributed by atoms with E-state index in [2.05, 4.69) is 27.4 Å². The zero-order chi connectivity index (χ0) is 20.9. The van der Waals surface area contributed by atoms with Crippen LogP contribution in [0.25, 0.3) is 11.2 Å². The number of aliphatic hydroxyl groups excluding tert-OH is 3. The van der Waals surface area contributed by atoms with Crippen LogP contribution in [0.4, 0.5) is 5.82 Å². The molecule has 1 saturated carbocycles. The Hall–Kier alpha value is -2.79. The number of ether oxygens (including phenoxy) is 1. The van der Waals surface area contributed by atoms with Crippen molar-refractivity contribution in [3.63, 3.8) is 0 Å². The Balaban J connectivity index is 1.44. The zero-order valence-electron chi connectivity index (χ0n) is 16.1. The third-order valence-electron chi connectivity index (χ3n) is 6.12. The van der Waals surface area contributed by atoms with Gasteiger partial charge in [0, 0.05) is 5.41 Å². The SMILES string of the molecule is [O-][n+]1cnc2c(ncn2[C@@H]2O[C@H](CO)[C@@H](O)[C@H]2O)c1NCC1(c2ccccc2)CC1. The summed E-state index contributed by atoms with van der Waals surface area (Å²) in [6, 6.07) is 10.2. The van der Waals surface area contributed by atoms with Crippen LogP contribution in [0, 0.1) is 5.21 Å². The molecule has 1 saturated heterocycles. The zero-order valence-corrected chi connectivity index (χ0v) is 16.1. The smallest absolute Gasteiger partial charge is 0.253 e. The topological polar surface area (TPSA) is 140 Å². The lowest BCUT2D eigenvalue weighted by molar-refractivity contribution is -0.592. The van der Waals surface area contributed by atoms with Crippen LogP contribution in [0.3, 0.4) is 0 Å². The third-order valence-corrected chi connectivity index (χ3v) is 6.12. The molecule has 2 fully saturated rings. The number of hydrogen-bond donors (Lipinski definition) is 4. The van der Waals surface area contributed by atoms with Gasteiger partial charge in [0.25, 0.3) is 5.82 Å². The largest absolute Gasteiger partial charge is 0.740 e. The fraction of sp³-hybridized carbons (Fsp3) is 0.450. The van der Waals surface area contributed by atoms with Crippen LogP contribution in [0.5, 0.6) is 0 Å². The lowest BCUT2D eigenvalue weighted by Gasteiger charge is -2.18. The maximum atomic E-state index is 12.4. The molecule has 0 unspecified atom stereocenters. The van der Waals surface area contributed by atoms with E-state index in [-0.39, 0.29) is 11.2 Å². The van der Waals surface area contributed by atoms with Gasteiger partial charge in [-0.3, -0.25) is 4.57 Å². The number of rotatable bonds is 6. The summed E-state index contributed by atoms with van der Waals surface area (Å²) >= 11 is 0. The number of benzene rings is 1. The van der Waals surface area contributed by atoms with Crippen molar-refractivity contribution in [2.45, 2.75) is 42.8 Å². The highest BCUT2D eigenvalue weighted by Gasteiger charge is 2.46. The molecule has 10 heteroatoms. The van der Waals surface area contributed by atoms with Crippen LogP contribution >= 0.6 is 0 Å². The Labute approximate surface area is 172 Å². The molecule has 4 atom stereocenters. The van der Waals surface area contributed by atoms with Crippen molar-refractivity contribution in [1.82, 2.24) is 14.5 Å². The average molecular weight is 413 g/mol. The summed E-state index contributed by atoms with van der Waals surface area (Å²) in [5, 5.41) is 45.3. The highest BCUT2D eigenvalue weighted by atomic mass is 16.6. The highest BCUT2D eigenvalue weighted by molar-refractivity contribution is 5.81. The van der Waals surface area contributed by atoms with Crippen LogP contribution in [0.15, 0.2) is 43.0 Å². The van der Waals surface area contributed by atoms with Gasteiger partial charge < -0.3 is 30.6 Å². The molecule has 10 nitrogen and oxygen atoms in total. The molecule has 30 heavy (non-hydrogen) atoms. The van der Waals surface area contributed by atoms with Gasteiger partial charge in [-0.15, -0.1) is 0 Å². The first kappa shape index (κ1) is 19.2. The van der Waals surface area contributed by atoms with E-state index < -0.39 is 31.1 Å². The molecule has 5 rings (SSSR count). The van der Waals surface area contributed by atoms with Crippen molar-refractivity contribution in [2.24, 2.45) is 0 Å². The van der Waals surface area contributed by atoms with E-state index in [4.69, 9.17) is 4.74 Å². The predicted molar refractivity (Wildman–Crippen MR) is 105 cm³/mol.